The van der Waals surface area contributed by atoms with Crippen LogP contribution in [-0.2, 0) is 11.8 Å². The first-order valence-corrected chi connectivity index (χ1v) is 9.37. The second kappa shape index (κ2) is 7.54. The molecule has 0 aliphatic rings. The third-order valence-corrected chi connectivity index (χ3v) is 4.75. The lowest BCUT2D eigenvalue weighted by Crippen LogP contribution is -2.24. The highest BCUT2D eigenvalue weighted by Gasteiger charge is 2.28. The van der Waals surface area contributed by atoms with E-state index in [4.69, 9.17) is 0 Å². The van der Waals surface area contributed by atoms with Gasteiger partial charge in [-0.05, 0) is 68.8 Å². The summed E-state index contributed by atoms with van der Waals surface area (Å²) in [6.07, 6.45) is 0.392. The molecular weight excluding hydrogens is 362 g/mol. The van der Waals surface area contributed by atoms with Gasteiger partial charge in [0.1, 0.15) is 11.3 Å². The minimum atomic E-state index is -1.10. The molecule has 0 radical (unpaired) electrons. The van der Waals surface area contributed by atoms with E-state index in [-0.39, 0.29) is 5.56 Å². The third kappa shape index (κ3) is 4.71. The van der Waals surface area contributed by atoms with E-state index in [1.807, 2.05) is 43.3 Å². The van der Waals surface area contributed by atoms with Crippen molar-refractivity contribution in [1.82, 2.24) is 9.97 Å². The molecule has 1 aromatic carbocycles. The lowest BCUT2D eigenvalue weighted by Gasteiger charge is -2.22. The normalized spacial score (nSPS) is 13.2. The lowest BCUT2D eigenvalue weighted by molar-refractivity contribution is 0.143. The number of nitrogens with zero attached hydrogens (tertiary/aromatic N) is 2. The number of pyridine rings is 2. The predicted molar refractivity (Wildman–Crippen MR) is 113 cm³/mol. The van der Waals surface area contributed by atoms with Gasteiger partial charge in [0.05, 0.1) is 11.5 Å². The van der Waals surface area contributed by atoms with Gasteiger partial charge >= 0.3 is 0 Å². The first-order valence-electron chi connectivity index (χ1n) is 9.37. The van der Waals surface area contributed by atoms with Crippen molar-refractivity contribution in [3.8, 4) is 17.9 Å². The zero-order valence-corrected chi connectivity index (χ0v) is 17.0. The van der Waals surface area contributed by atoms with Crippen LogP contribution in [-0.4, -0.2) is 20.7 Å². The van der Waals surface area contributed by atoms with E-state index < -0.39 is 11.0 Å². The predicted octanol–water partition coefficient (Wildman–Crippen LogP) is 3.38. The SMILES string of the molecule is Cc1cc2ccc(C(C)(C#N)Cc3cccc(C#CC(C)(C)O)n3)cc2[nH]c1=O. The Hall–Kier alpha value is -3.41. The highest BCUT2D eigenvalue weighted by Crippen LogP contribution is 2.29. The Bertz CT molecular complexity index is 1230. The molecule has 146 valence electrons. The van der Waals surface area contributed by atoms with Crippen LogP contribution in [0, 0.1) is 30.1 Å². The Morgan fingerprint density at radius 2 is 1.93 bits per heavy atom. The molecule has 0 spiro atoms. The Morgan fingerprint density at radius 3 is 2.62 bits per heavy atom. The zero-order chi connectivity index (χ0) is 21.2. The number of nitrogens with one attached hydrogen (secondary N) is 1. The van der Waals surface area contributed by atoms with Gasteiger partial charge in [0, 0.05) is 23.2 Å². The Balaban J connectivity index is 1.97. The fourth-order valence-corrected chi connectivity index (χ4v) is 3.09. The Morgan fingerprint density at radius 1 is 1.17 bits per heavy atom. The molecule has 0 amide bonds. The molecule has 0 bridgehead atoms. The Kier molecular flexibility index (Phi) is 5.29. The van der Waals surface area contributed by atoms with Gasteiger partial charge in [0.15, 0.2) is 0 Å². The van der Waals surface area contributed by atoms with Gasteiger partial charge < -0.3 is 10.1 Å². The van der Waals surface area contributed by atoms with E-state index in [0.29, 0.717) is 23.2 Å². The first-order chi connectivity index (χ1) is 13.6. The average molecular weight is 385 g/mol. The molecule has 2 heterocycles. The highest BCUT2D eigenvalue weighted by molar-refractivity contribution is 5.80. The van der Waals surface area contributed by atoms with Gasteiger partial charge in [-0.1, -0.05) is 24.1 Å². The number of aliphatic hydroxyl groups is 1. The number of benzene rings is 1. The summed E-state index contributed by atoms with van der Waals surface area (Å²) in [7, 11) is 0. The zero-order valence-electron chi connectivity index (χ0n) is 17.0. The minimum absolute atomic E-state index is 0.131. The molecular formula is C24H23N3O2. The molecule has 0 saturated carbocycles. The van der Waals surface area contributed by atoms with Crippen LogP contribution < -0.4 is 5.56 Å². The topological polar surface area (TPSA) is 89.8 Å². The quantitative estimate of drug-likeness (QED) is 0.677. The highest BCUT2D eigenvalue weighted by atomic mass is 16.3. The number of H-pyrrole nitrogens is 1. The van der Waals surface area contributed by atoms with Crippen LogP contribution in [0.25, 0.3) is 10.9 Å². The molecule has 5 heteroatoms. The number of aromatic nitrogens is 2. The van der Waals surface area contributed by atoms with Gasteiger partial charge in [-0.2, -0.15) is 5.26 Å². The number of rotatable bonds is 3. The molecule has 0 fully saturated rings. The van der Waals surface area contributed by atoms with Crippen molar-refractivity contribution >= 4 is 10.9 Å². The summed E-state index contributed by atoms with van der Waals surface area (Å²) in [6, 6.07) is 15.4. The number of nitriles is 1. The number of aromatic amines is 1. The number of aryl methyl sites for hydroxylation is 1. The lowest BCUT2D eigenvalue weighted by atomic mass is 9.79. The molecule has 29 heavy (non-hydrogen) atoms. The van der Waals surface area contributed by atoms with E-state index in [9.17, 15) is 15.2 Å². The monoisotopic (exact) mass is 385 g/mol. The fraction of sp³-hybridized carbons (Fsp3) is 0.292. The van der Waals surface area contributed by atoms with Crippen molar-refractivity contribution in [2.45, 2.75) is 45.1 Å². The standard InChI is InChI=1S/C24H23N3O2/c1-16-12-17-8-9-18(13-21(17)27-22(16)28)24(4,15-25)14-20-7-5-6-19(26-20)10-11-23(2,3)29/h5-9,12-13,29H,14H2,1-4H3,(H,27,28). The molecule has 3 aromatic rings. The molecule has 0 aliphatic carbocycles. The van der Waals surface area contributed by atoms with Crippen molar-refractivity contribution in [1.29, 1.82) is 5.26 Å². The molecule has 2 aromatic heterocycles. The van der Waals surface area contributed by atoms with E-state index in [1.54, 1.807) is 26.8 Å². The van der Waals surface area contributed by atoms with Gasteiger partial charge in [-0.25, -0.2) is 4.98 Å². The van der Waals surface area contributed by atoms with Gasteiger partial charge in [0.25, 0.3) is 5.56 Å². The van der Waals surface area contributed by atoms with Crippen LogP contribution >= 0.6 is 0 Å². The van der Waals surface area contributed by atoms with Crippen molar-refractivity contribution < 1.29 is 5.11 Å². The van der Waals surface area contributed by atoms with Crippen LogP contribution in [0.3, 0.4) is 0 Å². The summed E-state index contributed by atoms with van der Waals surface area (Å²) in [6.45, 7) is 6.85. The van der Waals surface area contributed by atoms with Gasteiger partial charge in [-0.3, -0.25) is 4.79 Å². The molecule has 0 aliphatic heterocycles. The summed E-state index contributed by atoms with van der Waals surface area (Å²) in [5.41, 5.74) is 1.38. The molecule has 1 atom stereocenters. The summed E-state index contributed by atoms with van der Waals surface area (Å²) in [5.74, 6) is 5.62. The molecule has 2 N–H and O–H groups in total. The minimum Gasteiger partial charge on any atom is -0.378 e. The summed E-state index contributed by atoms with van der Waals surface area (Å²) in [5, 5.41) is 20.6. The molecule has 1 unspecified atom stereocenters. The Labute approximate surface area is 170 Å². The first kappa shape index (κ1) is 20.3. The van der Waals surface area contributed by atoms with Crippen LogP contribution in [0.15, 0.2) is 47.3 Å². The summed E-state index contributed by atoms with van der Waals surface area (Å²) in [4.78, 5) is 19.4. The fourth-order valence-electron chi connectivity index (χ4n) is 3.09. The van der Waals surface area contributed by atoms with Crippen molar-refractivity contribution in [3.63, 3.8) is 0 Å². The second-order valence-corrected chi connectivity index (χ2v) is 8.03. The third-order valence-electron chi connectivity index (χ3n) is 4.75. The summed E-state index contributed by atoms with van der Waals surface area (Å²) >= 11 is 0. The van der Waals surface area contributed by atoms with E-state index in [0.717, 1.165) is 16.6 Å². The second-order valence-electron chi connectivity index (χ2n) is 8.03. The molecule has 0 saturated heterocycles. The van der Waals surface area contributed by atoms with Gasteiger partial charge in [0.2, 0.25) is 0 Å². The van der Waals surface area contributed by atoms with Crippen LogP contribution in [0.4, 0.5) is 0 Å². The molecule has 5 nitrogen and oxygen atoms in total. The van der Waals surface area contributed by atoms with Crippen LogP contribution in [0.1, 0.15) is 43.3 Å². The van der Waals surface area contributed by atoms with Crippen molar-refractivity contribution in [2.24, 2.45) is 0 Å². The van der Waals surface area contributed by atoms with Crippen LogP contribution in [0.2, 0.25) is 0 Å². The largest absolute Gasteiger partial charge is 0.378 e. The van der Waals surface area contributed by atoms with Crippen LogP contribution in [0.5, 0.6) is 0 Å². The van der Waals surface area contributed by atoms with Crippen molar-refractivity contribution in [3.05, 3.63) is 75.3 Å². The van der Waals surface area contributed by atoms with E-state index >= 15 is 0 Å². The smallest absolute Gasteiger partial charge is 0.251 e. The summed E-state index contributed by atoms with van der Waals surface area (Å²) < 4.78 is 0. The number of fused-ring (bicyclic) bond motifs is 1. The maximum atomic E-state index is 12.0. The number of hydrogen-bond donors (Lipinski definition) is 2. The van der Waals surface area contributed by atoms with Gasteiger partial charge in [-0.15, -0.1) is 0 Å². The maximum Gasteiger partial charge on any atom is 0.251 e. The van der Waals surface area contributed by atoms with E-state index in [2.05, 4.69) is 27.9 Å². The van der Waals surface area contributed by atoms with Crippen molar-refractivity contribution in [2.75, 3.05) is 0 Å². The average Bonchev–Trinajstić information content (AvgIpc) is 2.66. The number of hydrogen-bond acceptors (Lipinski definition) is 4. The van der Waals surface area contributed by atoms with E-state index in [1.165, 1.54) is 0 Å². The maximum absolute atomic E-state index is 12.0. The molecule has 3 rings (SSSR count).